The normalized spacial score (nSPS) is 11.2. The van der Waals surface area contributed by atoms with E-state index in [1.165, 1.54) is 36.4 Å². The molecule has 0 amide bonds. The summed E-state index contributed by atoms with van der Waals surface area (Å²) in [6, 6.07) is 10.8. The van der Waals surface area contributed by atoms with Gasteiger partial charge in [0.15, 0.2) is 10.9 Å². The SMILES string of the molecule is O=C(/C=C/c1c(Cl)nc2ccccn12)OCCCC(=O)c1ccc(F)cc1. The molecule has 0 fully saturated rings. The van der Waals surface area contributed by atoms with Crippen molar-refractivity contribution in [3.05, 3.63) is 77.0 Å². The van der Waals surface area contributed by atoms with Crippen molar-refractivity contribution in [2.24, 2.45) is 0 Å². The van der Waals surface area contributed by atoms with Gasteiger partial charge >= 0.3 is 5.97 Å². The van der Waals surface area contributed by atoms with Gasteiger partial charge in [-0.05, 0) is 48.9 Å². The first kappa shape index (κ1) is 18.8. The van der Waals surface area contributed by atoms with E-state index in [9.17, 15) is 14.0 Å². The Morgan fingerprint density at radius 3 is 2.74 bits per heavy atom. The lowest BCUT2D eigenvalue weighted by Gasteiger charge is -2.03. The topological polar surface area (TPSA) is 60.7 Å². The highest BCUT2D eigenvalue weighted by molar-refractivity contribution is 6.31. The summed E-state index contributed by atoms with van der Waals surface area (Å²) in [6.07, 6.45) is 5.19. The third-order valence-electron chi connectivity index (χ3n) is 3.86. The lowest BCUT2D eigenvalue weighted by Crippen LogP contribution is -2.06. The van der Waals surface area contributed by atoms with Gasteiger partial charge in [0, 0.05) is 24.3 Å². The van der Waals surface area contributed by atoms with Gasteiger partial charge in [0.05, 0.1) is 12.3 Å². The molecule has 0 aliphatic heterocycles. The van der Waals surface area contributed by atoms with Crippen molar-refractivity contribution in [2.75, 3.05) is 6.61 Å². The molecule has 3 aromatic rings. The Kier molecular flexibility index (Phi) is 5.98. The summed E-state index contributed by atoms with van der Waals surface area (Å²) in [5.41, 5.74) is 1.69. The molecular weight excluding hydrogens is 371 g/mol. The average Bonchev–Trinajstić information content (AvgIpc) is 2.99. The van der Waals surface area contributed by atoms with Gasteiger partial charge in [-0.3, -0.25) is 9.20 Å². The average molecular weight is 387 g/mol. The molecule has 0 bridgehead atoms. The van der Waals surface area contributed by atoms with E-state index in [0.29, 0.717) is 23.3 Å². The number of Topliss-reactive ketones (excluding diaryl/α,β-unsaturated/α-hetero) is 1. The maximum Gasteiger partial charge on any atom is 0.330 e. The van der Waals surface area contributed by atoms with Crippen LogP contribution in [0.3, 0.4) is 0 Å². The zero-order valence-corrected chi connectivity index (χ0v) is 15.0. The lowest BCUT2D eigenvalue weighted by atomic mass is 10.1. The predicted octanol–water partition coefficient (Wildman–Crippen LogP) is 4.35. The van der Waals surface area contributed by atoms with Crippen LogP contribution in [0.1, 0.15) is 28.9 Å². The minimum Gasteiger partial charge on any atom is -0.463 e. The van der Waals surface area contributed by atoms with E-state index in [2.05, 4.69) is 4.98 Å². The maximum absolute atomic E-state index is 12.8. The van der Waals surface area contributed by atoms with Crippen LogP contribution in [0.25, 0.3) is 11.7 Å². The zero-order valence-electron chi connectivity index (χ0n) is 14.3. The van der Waals surface area contributed by atoms with Crippen LogP contribution in [0, 0.1) is 5.82 Å². The smallest absolute Gasteiger partial charge is 0.330 e. The first-order chi connectivity index (χ1) is 13.0. The Morgan fingerprint density at radius 1 is 1.19 bits per heavy atom. The summed E-state index contributed by atoms with van der Waals surface area (Å²) in [6.45, 7) is 0.108. The third kappa shape index (κ3) is 4.80. The number of ether oxygens (including phenoxy) is 1. The second kappa shape index (κ2) is 8.60. The number of halogens is 2. The highest BCUT2D eigenvalue weighted by Crippen LogP contribution is 2.18. The number of benzene rings is 1. The molecule has 5 nitrogen and oxygen atoms in total. The summed E-state index contributed by atoms with van der Waals surface area (Å²) in [7, 11) is 0. The molecule has 2 aromatic heterocycles. The fraction of sp³-hybridized carbons (Fsp3) is 0.150. The predicted molar refractivity (Wildman–Crippen MR) is 100 cm³/mol. The number of rotatable bonds is 7. The molecule has 0 spiro atoms. The van der Waals surface area contributed by atoms with Crippen molar-refractivity contribution in [2.45, 2.75) is 12.8 Å². The highest BCUT2D eigenvalue weighted by atomic mass is 35.5. The first-order valence-corrected chi connectivity index (χ1v) is 8.68. The molecule has 27 heavy (non-hydrogen) atoms. The Hall–Kier alpha value is -2.99. The van der Waals surface area contributed by atoms with E-state index in [1.54, 1.807) is 16.7 Å². The fourth-order valence-electron chi connectivity index (χ4n) is 2.52. The Labute approximate surface area is 160 Å². The Morgan fingerprint density at radius 2 is 1.96 bits per heavy atom. The van der Waals surface area contributed by atoms with Crippen LogP contribution in [-0.2, 0) is 9.53 Å². The second-order valence-corrected chi connectivity index (χ2v) is 6.11. The molecule has 0 unspecified atom stereocenters. The number of hydrogen-bond acceptors (Lipinski definition) is 4. The molecular formula is C20H16ClFN2O3. The molecule has 0 aliphatic carbocycles. The summed E-state index contributed by atoms with van der Waals surface area (Å²) < 4.78 is 19.7. The number of aromatic nitrogens is 2. The fourth-order valence-corrected chi connectivity index (χ4v) is 2.76. The molecule has 0 saturated heterocycles. The second-order valence-electron chi connectivity index (χ2n) is 5.75. The summed E-state index contributed by atoms with van der Waals surface area (Å²) >= 11 is 6.08. The van der Waals surface area contributed by atoms with E-state index in [-0.39, 0.29) is 24.0 Å². The van der Waals surface area contributed by atoms with E-state index in [0.717, 1.165) is 0 Å². The quantitative estimate of drug-likeness (QED) is 0.262. The molecule has 0 radical (unpaired) electrons. The molecule has 0 aliphatic rings. The zero-order chi connectivity index (χ0) is 19.2. The molecule has 1 aromatic carbocycles. The number of carbonyl (C=O) groups is 2. The van der Waals surface area contributed by atoms with Gasteiger partial charge in [0.2, 0.25) is 0 Å². The number of pyridine rings is 1. The number of ketones is 1. The van der Waals surface area contributed by atoms with Crippen LogP contribution >= 0.6 is 11.6 Å². The van der Waals surface area contributed by atoms with Gasteiger partial charge in [0.25, 0.3) is 0 Å². The minimum atomic E-state index is -0.536. The molecule has 3 rings (SSSR count). The number of imidazole rings is 1. The number of nitrogens with zero attached hydrogens (tertiary/aromatic N) is 2. The van der Waals surface area contributed by atoms with Crippen LogP contribution in [0.2, 0.25) is 5.15 Å². The van der Waals surface area contributed by atoms with Crippen LogP contribution in [0.5, 0.6) is 0 Å². The van der Waals surface area contributed by atoms with E-state index >= 15 is 0 Å². The van der Waals surface area contributed by atoms with E-state index in [4.69, 9.17) is 16.3 Å². The third-order valence-corrected chi connectivity index (χ3v) is 4.14. The first-order valence-electron chi connectivity index (χ1n) is 8.31. The molecule has 7 heteroatoms. The van der Waals surface area contributed by atoms with Crippen molar-refractivity contribution >= 4 is 35.1 Å². The minimum absolute atomic E-state index is 0.108. The largest absolute Gasteiger partial charge is 0.463 e. The number of carbonyl (C=O) groups excluding carboxylic acids is 2. The van der Waals surface area contributed by atoms with Gasteiger partial charge < -0.3 is 4.74 Å². The van der Waals surface area contributed by atoms with Crippen molar-refractivity contribution < 1.29 is 18.7 Å². The van der Waals surface area contributed by atoms with Crippen LogP contribution in [-0.4, -0.2) is 27.7 Å². The summed E-state index contributed by atoms with van der Waals surface area (Å²) in [4.78, 5) is 28.0. The highest BCUT2D eigenvalue weighted by Gasteiger charge is 2.09. The van der Waals surface area contributed by atoms with E-state index < -0.39 is 11.8 Å². The molecule has 0 atom stereocenters. The molecule has 0 saturated carbocycles. The lowest BCUT2D eigenvalue weighted by molar-refractivity contribution is -0.137. The van der Waals surface area contributed by atoms with Crippen LogP contribution in [0.15, 0.2) is 54.7 Å². The number of fused-ring (bicyclic) bond motifs is 1. The molecule has 0 N–H and O–H groups in total. The Bertz CT molecular complexity index is 996. The van der Waals surface area contributed by atoms with Gasteiger partial charge in [0.1, 0.15) is 11.5 Å². The van der Waals surface area contributed by atoms with Gasteiger partial charge in [-0.1, -0.05) is 17.7 Å². The molecule has 138 valence electrons. The van der Waals surface area contributed by atoms with Crippen molar-refractivity contribution in [3.8, 4) is 0 Å². The monoisotopic (exact) mass is 386 g/mol. The number of hydrogen-bond donors (Lipinski definition) is 0. The van der Waals surface area contributed by atoms with E-state index in [1.807, 2.05) is 12.1 Å². The van der Waals surface area contributed by atoms with Gasteiger partial charge in [-0.15, -0.1) is 0 Å². The Balaban J connectivity index is 1.48. The van der Waals surface area contributed by atoms with Gasteiger partial charge in [-0.25, -0.2) is 14.2 Å². The molecule has 2 heterocycles. The van der Waals surface area contributed by atoms with Gasteiger partial charge in [-0.2, -0.15) is 0 Å². The van der Waals surface area contributed by atoms with Crippen LogP contribution < -0.4 is 0 Å². The summed E-state index contributed by atoms with van der Waals surface area (Å²) in [5, 5.41) is 0.287. The standard InChI is InChI=1S/C20H16ClFN2O3/c21-20-16(24-12-2-1-5-18(24)23-20)10-11-19(26)27-13-3-4-17(25)14-6-8-15(22)9-7-14/h1-2,5-12H,3-4,13H2/b11-10+. The van der Waals surface area contributed by atoms with Crippen molar-refractivity contribution in [1.82, 2.24) is 9.38 Å². The van der Waals surface area contributed by atoms with Crippen molar-refractivity contribution in [1.29, 1.82) is 0 Å². The summed E-state index contributed by atoms with van der Waals surface area (Å²) in [5.74, 6) is -1.05. The van der Waals surface area contributed by atoms with Crippen LogP contribution in [0.4, 0.5) is 4.39 Å². The van der Waals surface area contributed by atoms with Crippen molar-refractivity contribution in [3.63, 3.8) is 0 Å². The maximum atomic E-state index is 12.8. The number of esters is 1.